The van der Waals surface area contributed by atoms with E-state index >= 15 is 0 Å². The molecule has 1 aromatic heterocycles. The van der Waals surface area contributed by atoms with Gasteiger partial charge in [-0.15, -0.1) is 0 Å². The maximum absolute atomic E-state index is 12.0. The monoisotopic (exact) mass is 327 g/mol. The lowest BCUT2D eigenvalue weighted by Crippen LogP contribution is -2.17. The van der Waals surface area contributed by atoms with Gasteiger partial charge in [-0.1, -0.05) is 0 Å². The zero-order valence-electron chi connectivity index (χ0n) is 13.6. The number of amides is 1. The summed E-state index contributed by atoms with van der Waals surface area (Å²) in [7, 11) is 1.50. The third-order valence-corrected chi connectivity index (χ3v) is 3.15. The van der Waals surface area contributed by atoms with E-state index in [0.29, 0.717) is 34.1 Å². The zero-order chi connectivity index (χ0) is 17.5. The number of hydrazone groups is 1. The second kappa shape index (κ2) is 7.83. The number of methoxy groups -OCH3 is 1. The standard InChI is InChI=1S/C17H17N3O4/c1-11-8-14(12(2)24-11)17(21)20-19-10-13-4-5-15(23-7-6-18)16(9-13)22-3/h4-5,8-10H,7H2,1-3H3,(H,20,21)/b19-10+. The van der Waals surface area contributed by atoms with Crippen molar-refractivity contribution >= 4 is 12.1 Å². The fraction of sp³-hybridized carbons (Fsp3) is 0.235. The summed E-state index contributed by atoms with van der Waals surface area (Å²) in [6.07, 6.45) is 1.48. The molecule has 0 spiro atoms. The molecule has 0 fully saturated rings. The Kier molecular flexibility index (Phi) is 5.58. The third-order valence-electron chi connectivity index (χ3n) is 3.15. The molecule has 124 valence electrons. The molecule has 24 heavy (non-hydrogen) atoms. The van der Waals surface area contributed by atoms with Crippen molar-refractivity contribution in [2.75, 3.05) is 13.7 Å². The number of nitrogens with one attached hydrogen (secondary N) is 1. The lowest BCUT2D eigenvalue weighted by molar-refractivity contribution is 0.0953. The number of furan rings is 1. The second-order valence-corrected chi connectivity index (χ2v) is 4.88. The SMILES string of the molecule is COc1cc(/C=N/NC(=O)c2cc(C)oc2C)ccc1OCC#N. The first-order valence-electron chi connectivity index (χ1n) is 7.13. The molecule has 2 aromatic rings. The first-order chi connectivity index (χ1) is 11.5. The third kappa shape index (κ3) is 4.14. The van der Waals surface area contributed by atoms with E-state index < -0.39 is 0 Å². The number of nitriles is 1. The van der Waals surface area contributed by atoms with Crippen LogP contribution in [-0.2, 0) is 0 Å². The molecule has 1 heterocycles. The van der Waals surface area contributed by atoms with Gasteiger partial charge in [0.2, 0.25) is 0 Å². The summed E-state index contributed by atoms with van der Waals surface area (Å²) in [5, 5.41) is 12.5. The summed E-state index contributed by atoms with van der Waals surface area (Å²) in [6.45, 7) is 3.43. The van der Waals surface area contributed by atoms with Gasteiger partial charge in [-0.2, -0.15) is 10.4 Å². The molecular weight excluding hydrogens is 310 g/mol. The van der Waals surface area contributed by atoms with Crippen LogP contribution in [0.25, 0.3) is 0 Å². The first-order valence-corrected chi connectivity index (χ1v) is 7.13. The van der Waals surface area contributed by atoms with Gasteiger partial charge in [0.05, 0.1) is 18.9 Å². The molecule has 0 unspecified atom stereocenters. The number of rotatable bonds is 6. The van der Waals surface area contributed by atoms with E-state index in [-0.39, 0.29) is 12.5 Å². The average molecular weight is 327 g/mol. The van der Waals surface area contributed by atoms with E-state index in [9.17, 15) is 4.79 Å². The van der Waals surface area contributed by atoms with E-state index in [2.05, 4.69) is 10.5 Å². The lowest BCUT2D eigenvalue weighted by atomic mass is 10.2. The molecule has 1 N–H and O–H groups in total. The molecule has 0 aliphatic rings. The van der Waals surface area contributed by atoms with Crippen molar-refractivity contribution in [1.29, 1.82) is 5.26 Å². The summed E-state index contributed by atoms with van der Waals surface area (Å²) in [4.78, 5) is 12.0. The molecule has 0 radical (unpaired) electrons. The summed E-state index contributed by atoms with van der Waals surface area (Å²) in [5.74, 6) is 1.80. The highest BCUT2D eigenvalue weighted by atomic mass is 16.5. The largest absolute Gasteiger partial charge is 0.493 e. The quantitative estimate of drug-likeness (QED) is 0.649. The Morgan fingerprint density at radius 3 is 2.79 bits per heavy atom. The average Bonchev–Trinajstić information content (AvgIpc) is 2.91. The maximum Gasteiger partial charge on any atom is 0.274 e. The summed E-state index contributed by atoms with van der Waals surface area (Å²) in [5.41, 5.74) is 3.60. The van der Waals surface area contributed by atoms with E-state index in [0.717, 1.165) is 0 Å². The van der Waals surface area contributed by atoms with Gasteiger partial charge in [-0.3, -0.25) is 4.79 Å². The van der Waals surface area contributed by atoms with Crippen molar-refractivity contribution in [2.24, 2.45) is 5.10 Å². The zero-order valence-corrected chi connectivity index (χ0v) is 13.6. The van der Waals surface area contributed by atoms with Gasteiger partial charge in [0.15, 0.2) is 18.1 Å². The van der Waals surface area contributed by atoms with Crippen LogP contribution in [0.2, 0.25) is 0 Å². The van der Waals surface area contributed by atoms with Crippen LogP contribution < -0.4 is 14.9 Å². The Hall–Kier alpha value is -3.27. The van der Waals surface area contributed by atoms with E-state index in [1.54, 1.807) is 38.1 Å². The smallest absolute Gasteiger partial charge is 0.274 e. The Morgan fingerprint density at radius 1 is 1.38 bits per heavy atom. The molecule has 0 saturated heterocycles. The number of benzene rings is 1. The predicted octanol–water partition coefficient (Wildman–Crippen LogP) is 2.57. The first kappa shape index (κ1) is 17.1. The van der Waals surface area contributed by atoms with Crippen molar-refractivity contribution in [3.63, 3.8) is 0 Å². The number of carbonyl (C=O) groups is 1. The van der Waals surface area contributed by atoms with Gasteiger partial charge in [-0.25, -0.2) is 5.43 Å². The van der Waals surface area contributed by atoms with Crippen LogP contribution in [0.5, 0.6) is 11.5 Å². The normalized spacial score (nSPS) is 10.4. The molecule has 0 atom stereocenters. The van der Waals surface area contributed by atoms with Gasteiger partial charge < -0.3 is 13.9 Å². The van der Waals surface area contributed by atoms with Crippen LogP contribution in [0.1, 0.15) is 27.4 Å². The van der Waals surface area contributed by atoms with Gasteiger partial charge >= 0.3 is 0 Å². The summed E-state index contributed by atoms with van der Waals surface area (Å²) < 4.78 is 15.7. The number of ether oxygens (including phenoxy) is 2. The molecule has 1 aromatic carbocycles. The second-order valence-electron chi connectivity index (χ2n) is 4.88. The number of nitrogens with zero attached hydrogens (tertiary/aromatic N) is 2. The number of carbonyl (C=O) groups excluding carboxylic acids is 1. The van der Waals surface area contributed by atoms with Crippen LogP contribution >= 0.6 is 0 Å². The maximum atomic E-state index is 12.0. The van der Waals surface area contributed by atoms with Crippen LogP contribution in [0.15, 0.2) is 33.8 Å². The highest BCUT2D eigenvalue weighted by Crippen LogP contribution is 2.27. The minimum atomic E-state index is -0.346. The van der Waals surface area contributed by atoms with Crippen LogP contribution in [0.4, 0.5) is 0 Å². The Labute approximate surface area is 139 Å². The molecule has 0 aliphatic carbocycles. The van der Waals surface area contributed by atoms with E-state index in [1.807, 2.05) is 6.07 Å². The summed E-state index contributed by atoms with van der Waals surface area (Å²) in [6, 6.07) is 8.64. The number of hydrogen-bond donors (Lipinski definition) is 1. The van der Waals surface area contributed by atoms with Gasteiger partial charge in [-0.05, 0) is 43.7 Å². The predicted molar refractivity (Wildman–Crippen MR) is 87.3 cm³/mol. The minimum absolute atomic E-state index is 0.0661. The molecule has 7 nitrogen and oxygen atoms in total. The molecule has 1 amide bonds. The highest BCUT2D eigenvalue weighted by molar-refractivity contribution is 5.95. The molecule has 0 aliphatic heterocycles. The van der Waals surface area contributed by atoms with Crippen LogP contribution in [0, 0.1) is 25.2 Å². The van der Waals surface area contributed by atoms with E-state index in [4.69, 9.17) is 19.2 Å². The topological polar surface area (TPSA) is 96.8 Å². The fourth-order valence-corrected chi connectivity index (χ4v) is 2.08. The van der Waals surface area contributed by atoms with Crippen molar-refractivity contribution in [1.82, 2.24) is 5.43 Å². The molecule has 0 saturated carbocycles. The van der Waals surface area contributed by atoms with Crippen molar-refractivity contribution < 1.29 is 18.7 Å². The van der Waals surface area contributed by atoms with Crippen molar-refractivity contribution in [2.45, 2.75) is 13.8 Å². The molecule has 0 bridgehead atoms. The Morgan fingerprint density at radius 2 is 2.17 bits per heavy atom. The lowest BCUT2D eigenvalue weighted by Gasteiger charge is -2.08. The number of hydrogen-bond acceptors (Lipinski definition) is 6. The van der Waals surface area contributed by atoms with Gasteiger partial charge in [0, 0.05) is 0 Å². The Balaban J connectivity index is 2.05. The van der Waals surface area contributed by atoms with Gasteiger partial charge in [0.25, 0.3) is 5.91 Å². The van der Waals surface area contributed by atoms with Crippen molar-refractivity contribution in [3.8, 4) is 17.6 Å². The molecule has 2 rings (SSSR count). The molecular formula is C17H17N3O4. The summed E-state index contributed by atoms with van der Waals surface area (Å²) >= 11 is 0. The van der Waals surface area contributed by atoms with Crippen LogP contribution in [0.3, 0.4) is 0 Å². The fourth-order valence-electron chi connectivity index (χ4n) is 2.08. The van der Waals surface area contributed by atoms with Crippen LogP contribution in [-0.4, -0.2) is 25.8 Å². The Bertz CT molecular complexity index is 803. The highest BCUT2D eigenvalue weighted by Gasteiger charge is 2.12. The van der Waals surface area contributed by atoms with Crippen molar-refractivity contribution in [3.05, 3.63) is 46.9 Å². The van der Waals surface area contributed by atoms with Gasteiger partial charge in [0.1, 0.15) is 17.6 Å². The molecule has 7 heteroatoms. The minimum Gasteiger partial charge on any atom is -0.493 e. The number of aryl methyl sites for hydroxylation is 2. The van der Waals surface area contributed by atoms with E-state index in [1.165, 1.54) is 13.3 Å².